The van der Waals surface area contributed by atoms with Gasteiger partial charge in [-0.2, -0.15) is 0 Å². The number of nitrogens with zero attached hydrogens (tertiary/aromatic N) is 1. The van der Waals surface area contributed by atoms with Crippen molar-refractivity contribution in [1.29, 1.82) is 0 Å². The van der Waals surface area contributed by atoms with Crippen molar-refractivity contribution >= 4 is 11.6 Å². The first kappa shape index (κ1) is 17.0. The summed E-state index contributed by atoms with van der Waals surface area (Å²) >= 11 is 0. The second kappa shape index (κ2) is 7.08. The number of ether oxygens (including phenoxy) is 1. The van der Waals surface area contributed by atoms with Crippen molar-refractivity contribution in [1.82, 2.24) is 4.90 Å². The molecule has 2 aliphatic heterocycles. The molecule has 1 saturated heterocycles. The first-order chi connectivity index (χ1) is 12.7. The summed E-state index contributed by atoms with van der Waals surface area (Å²) in [6.45, 7) is 4.46. The maximum atomic E-state index is 14.0. The number of anilines is 1. The largest absolute Gasteiger partial charge is 0.491 e. The molecule has 1 amide bonds. The number of hydrogen-bond acceptors (Lipinski definition) is 3. The third-order valence-corrected chi connectivity index (χ3v) is 5.29. The fourth-order valence-corrected chi connectivity index (χ4v) is 4.04. The van der Waals surface area contributed by atoms with Crippen LogP contribution in [0.4, 0.5) is 10.1 Å². The lowest BCUT2D eigenvalue weighted by Crippen LogP contribution is -2.31. The molecule has 0 aromatic heterocycles. The fourth-order valence-electron chi connectivity index (χ4n) is 4.04. The molecule has 26 heavy (non-hydrogen) atoms. The molecule has 0 aliphatic carbocycles. The third-order valence-electron chi connectivity index (χ3n) is 5.29. The number of benzene rings is 2. The predicted molar refractivity (Wildman–Crippen MR) is 99.2 cm³/mol. The molecule has 0 saturated carbocycles. The van der Waals surface area contributed by atoms with Gasteiger partial charge in [0, 0.05) is 23.8 Å². The van der Waals surface area contributed by atoms with Gasteiger partial charge >= 0.3 is 0 Å². The Balaban J connectivity index is 1.53. The fraction of sp³-hybridized carbons (Fsp3) is 0.381. The van der Waals surface area contributed by atoms with Gasteiger partial charge in [-0.25, -0.2) is 4.39 Å². The van der Waals surface area contributed by atoms with Crippen LogP contribution in [0.5, 0.6) is 5.75 Å². The summed E-state index contributed by atoms with van der Waals surface area (Å²) in [5, 5.41) is 2.90. The van der Waals surface area contributed by atoms with Crippen molar-refractivity contribution < 1.29 is 13.9 Å². The van der Waals surface area contributed by atoms with E-state index < -0.39 is 5.82 Å². The molecule has 4 rings (SSSR count). The standard InChI is InChI=1S/C21H23FN2O2/c1-2-26-20-8-6-15(12-18(20)22)21(25)23-16-7-5-14-9-11-24-10-3-4-19(24)17(14)13-16/h5-8,12-13,19H,2-4,9-11H2,1H3,(H,23,25). The third kappa shape index (κ3) is 3.19. The molecule has 1 fully saturated rings. The Hall–Kier alpha value is -2.40. The molecule has 2 heterocycles. The molecule has 1 unspecified atom stereocenters. The van der Waals surface area contributed by atoms with Crippen LogP contribution in [0.15, 0.2) is 36.4 Å². The molecule has 4 nitrogen and oxygen atoms in total. The Labute approximate surface area is 153 Å². The van der Waals surface area contributed by atoms with Crippen molar-refractivity contribution in [2.24, 2.45) is 0 Å². The summed E-state index contributed by atoms with van der Waals surface area (Å²) in [6, 6.07) is 10.9. The minimum Gasteiger partial charge on any atom is -0.491 e. The van der Waals surface area contributed by atoms with Gasteiger partial charge in [0.05, 0.1) is 6.61 Å². The number of carbonyl (C=O) groups excluding carboxylic acids is 1. The highest BCUT2D eigenvalue weighted by molar-refractivity contribution is 6.04. The minimum absolute atomic E-state index is 0.166. The van der Waals surface area contributed by atoms with E-state index in [1.54, 1.807) is 13.0 Å². The Kier molecular flexibility index (Phi) is 4.64. The van der Waals surface area contributed by atoms with E-state index in [2.05, 4.69) is 22.3 Å². The summed E-state index contributed by atoms with van der Waals surface area (Å²) in [6.07, 6.45) is 3.46. The van der Waals surface area contributed by atoms with E-state index in [1.165, 1.54) is 36.1 Å². The number of hydrogen-bond donors (Lipinski definition) is 1. The summed E-state index contributed by atoms with van der Waals surface area (Å²) in [7, 11) is 0. The minimum atomic E-state index is -0.522. The molecule has 1 N–H and O–H groups in total. The molecular weight excluding hydrogens is 331 g/mol. The normalized spacial score (nSPS) is 18.9. The van der Waals surface area contributed by atoms with Crippen LogP contribution in [0, 0.1) is 5.82 Å². The maximum Gasteiger partial charge on any atom is 0.255 e. The van der Waals surface area contributed by atoms with Gasteiger partial charge in [-0.3, -0.25) is 9.69 Å². The summed E-state index contributed by atoms with van der Waals surface area (Å²) in [5.74, 6) is -0.670. The smallest absolute Gasteiger partial charge is 0.255 e. The van der Waals surface area contributed by atoms with Crippen molar-refractivity contribution in [2.45, 2.75) is 32.2 Å². The highest BCUT2D eigenvalue weighted by Crippen LogP contribution is 2.38. The van der Waals surface area contributed by atoms with Gasteiger partial charge in [-0.05, 0) is 74.2 Å². The van der Waals surface area contributed by atoms with Crippen molar-refractivity contribution in [3.63, 3.8) is 0 Å². The molecule has 0 bridgehead atoms. The van der Waals surface area contributed by atoms with Gasteiger partial charge in [-0.1, -0.05) is 6.07 Å². The number of carbonyl (C=O) groups is 1. The molecular formula is C21H23FN2O2. The van der Waals surface area contributed by atoms with Crippen LogP contribution >= 0.6 is 0 Å². The highest BCUT2D eigenvalue weighted by atomic mass is 19.1. The molecule has 2 aliphatic rings. The second-order valence-corrected chi connectivity index (χ2v) is 6.89. The Morgan fingerprint density at radius 3 is 2.96 bits per heavy atom. The summed E-state index contributed by atoms with van der Waals surface area (Å²) in [5.41, 5.74) is 3.74. The Bertz CT molecular complexity index is 837. The Morgan fingerprint density at radius 2 is 2.15 bits per heavy atom. The van der Waals surface area contributed by atoms with Crippen molar-refractivity contribution in [3.8, 4) is 5.75 Å². The van der Waals surface area contributed by atoms with Crippen LogP contribution in [0.3, 0.4) is 0 Å². The molecule has 2 aromatic carbocycles. The van der Waals surface area contributed by atoms with E-state index in [-0.39, 0.29) is 17.2 Å². The number of rotatable bonds is 4. The van der Waals surface area contributed by atoms with Gasteiger partial charge in [0.15, 0.2) is 11.6 Å². The zero-order valence-corrected chi connectivity index (χ0v) is 14.9. The topological polar surface area (TPSA) is 41.6 Å². The summed E-state index contributed by atoms with van der Waals surface area (Å²) < 4.78 is 19.2. The lowest BCUT2D eigenvalue weighted by atomic mass is 9.92. The second-order valence-electron chi connectivity index (χ2n) is 6.89. The van der Waals surface area contributed by atoms with Gasteiger partial charge < -0.3 is 10.1 Å². The molecule has 1 atom stereocenters. The SMILES string of the molecule is CCOc1ccc(C(=O)Nc2ccc3c(c2)C2CCCN2CC3)cc1F. The van der Waals surface area contributed by atoms with Crippen molar-refractivity contribution in [3.05, 3.63) is 58.9 Å². The van der Waals surface area contributed by atoms with Crippen LogP contribution in [0.1, 0.15) is 47.3 Å². The average molecular weight is 354 g/mol. The first-order valence-corrected chi connectivity index (χ1v) is 9.26. The van der Waals surface area contributed by atoms with Crippen LogP contribution in [-0.4, -0.2) is 30.5 Å². The van der Waals surface area contributed by atoms with E-state index in [0.717, 1.165) is 25.2 Å². The molecule has 136 valence electrons. The van der Waals surface area contributed by atoms with Crippen molar-refractivity contribution in [2.75, 3.05) is 25.0 Å². The van der Waals surface area contributed by atoms with E-state index in [1.807, 2.05) is 6.07 Å². The van der Waals surface area contributed by atoms with Crippen LogP contribution in [0.25, 0.3) is 0 Å². The zero-order valence-electron chi connectivity index (χ0n) is 14.9. The molecule has 5 heteroatoms. The van der Waals surface area contributed by atoms with Crippen LogP contribution in [-0.2, 0) is 6.42 Å². The number of fused-ring (bicyclic) bond motifs is 3. The van der Waals surface area contributed by atoms with Crippen LogP contribution < -0.4 is 10.1 Å². The Morgan fingerprint density at radius 1 is 1.27 bits per heavy atom. The monoisotopic (exact) mass is 354 g/mol. The molecule has 0 spiro atoms. The molecule has 0 radical (unpaired) electrons. The number of nitrogens with one attached hydrogen (secondary N) is 1. The van der Waals surface area contributed by atoms with Gasteiger partial charge in [0.1, 0.15) is 0 Å². The lowest BCUT2D eigenvalue weighted by molar-refractivity contribution is 0.102. The number of halogens is 1. The molecule has 2 aromatic rings. The average Bonchev–Trinajstić information content (AvgIpc) is 3.13. The van der Waals surface area contributed by atoms with E-state index >= 15 is 0 Å². The highest BCUT2D eigenvalue weighted by Gasteiger charge is 2.31. The van der Waals surface area contributed by atoms with E-state index in [0.29, 0.717) is 12.6 Å². The predicted octanol–water partition coefficient (Wildman–Crippen LogP) is 4.17. The van der Waals surface area contributed by atoms with Gasteiger partial charge in [0.2, 0.25) is 0 Å². The van der Waals surface area contributed by atoms with E-state index in [4.69, 9.17) is 4.74 Å². The van der Waals surface area contributed by atoms with Gasteiger partial charge in [-0.15, -0.1) is 0 Å². The summed E-state index contributed by atoms with van der Waals surface area (Å²) in [4.78, 5) is 15.0. The lowest BCUT2D eigenvalue weighted by Gasteiger charge is -2.32. The zero-order chi connectivity index (χ0) is 18.1. The first-order valence-electron chi connectivity index (χ1n) is 9.26. The van der Waals surface area contributed by atoms with Crippen LogP contribution in [0.2, 0.25) is 0 Å². The van der Waals surface area contributed by atoms with E-state index in [9.17, 15) is 9.18 Å². The maximum absolute atomic E-state index is 14.0. The number of amides is 1. The quantitative estimate of drug-likeness (QED) is 0.896. The van der Waals surface area contributed by atoms with Gasteiger partial charge in [0.25, 0.3) is 5.91 Å².